The molecular weight excluding hydrogens is 267 g/mol. The van der Waals surface area contributed by atoms with E-state index in [1.165, 1.54) is 18.6 Å². The lowest BCUT2D eigenvalue weighted by Gasteiger charge is -2.35. The molecule has 1 atom stereocenters. The van der Waals surface area contributed by atoms with Crippen molar-refractivity contribution in [1.29, 1.82) is 0 Å². The van der Waals surface area contributed by atoms with Crippen LogP contribution >= 0.6 is 0 Å². The number of nitrogens with zero attached hydrogens (tertiary/aromatic N) is 1. The highest BCUT2D eigenvalue weighted by Crippen LogP contribution is 2.20. The highest BCUT2D eigenvalue weighted by molar-refractivity contribution is 5.92. The van der Waals surface area contributed by atoms with Crippen molar-refractivity contribution in [3.63, 3.8) is 0 Å². The molecule has 1 unspecified atom stereocenters. The molecule has 1 aromatic rings. The first-order valence-electron chi connectivity index (χ1n) is 7.59. The van der Waals surface area contributed by atoms with Crippen LogP contribution in [0.4, 0.5) is 4.39 Å². The molecule has 0 radical (unpaired) electrons. The van der Waals surface area contributed by atoms with Crippen LogP contribution in [0.25, 0.3) is 6.08 Å². The van der Waals surface area contributed by atoms with Gasteiger partial charge in [-0.2, -0.15) is 0 Å². The molecule has 1 aliphatic rings. The third-order valence-electron chi connectivity index (χ3n) is 3.93. The van der Waals surface area contributed by atoms with Crippen molar-refractivity contribution in [2.45, 2.75) is 31.7 Å². The fourth-order valence-electron chi connectivity index (χ4n) is 2.74. The van der Waals surface area contributed by atoms with Gasteiger partial charge in [0.15, 0.2) is 0 Å². The minimum atomic E-state index is -0.262. The van der Waals surface area contributed by atoms with Gasteiger partial charge in [-0.3, -0.25) is 4.79 Å². The number of benzene rings is 1. The molecule has 0 spiro atoms. The Kier molecular flexibility index (Phi) is 5.93. The van der Waals surface area contributed by atoms with Crippen LogP contribution in [-0.4, -0.2) is 37.0 Å². The van der Waals surface area contributed by atoms with Crippen LogP contribution in [0.2, 0.25) is 0 Å². The average molecular weight is 290 g/mol. The highest BCUT2D eigenvalue weighted by Gasteiger charge is 2.24. The van der Waals surface area contributed by atoms with Crippen LogP contribution in [0.15, 0.2) is 30.3 Å². The lowest BCUT2D eigenvalue weighted by atomic mass is 9.99. The predicted molar refractivity (Wildman–Crippen MR) is 83.3 cm³/mol. The van der Waals surface area contributed by atoms with Gasteiger partial charge < -0.3 is 10.2 Å². The standard InChI is InChI=1S/C17H23FN2O/c1-19-12-11-16-4-2-3-13-20(16)17(21)10-7-14-5-8-15(18)9-6-14/h5-10,16,19H,2-4,11-13H2,1H3. The number of carbonyl (C=O) groups is 1. The lowest BCUT2D eigenvalue weighted by Crippen LogP contribution is -2.44. The molecule has 1 amide bonds. The average Bonchev–Trinajstić information content (AvgIpc) is 2.52. The fraction of sp³-hybridized carbons (Fsp3) is 0.471. The molecule has 114 valence electrons. The van der Waals surface area contributed by atoms with Crippen LogP contribution in [-0.2, 0) is 4.79 Å². The van der Waals surface area contributed by atoms with Gasteiger partial charge in [0.25, 0.3) is 0 Å². The topological polar surface area (TPSA) is 32.3 Å². The molecule has 4 heteroatoms. The number of nitrogens with one attached hydrogen (secondary N) is 1. The van der Waals surface area contributed by atoms with Crippen molar-refractivity contribution in [2.24, 2.45) is 0 Å². The van der Waals surface area contributed by atoms with Crippen molar-refractivity contribution in [1.82, 2.24) is 10.2 Å². The van der Waals surface area contributed by atoms with E-state index in [1.807, 2.05) is 11.9 Å². The van der Waals surface area contributed by atoms with Gasteiger partial charge in [0.2, 0.25) is 5.91 Å². The summed E-state index contributed by atoms with van der Waals surface area (Å²) in [6, 6.07) is 6.49. The Morgan fingerprint density at radius 1 is 1.38 bits per heavy atom. The minimum absolute atomic E-state index is 0.0557. The molecule has 1 saturated heterocycles. The zero-order valence-electron chi connectivity index (χ0n) is 12.5. The quantitative estimate of drug-likeness (QED) is 0.846. The molecule has 1 heterocycles. The van der Waals surface area contributed by atoms with Gasteiger partial charge in [-0.15, -0.1) is 0 Å². The van der Waals surface area contributed by atoms with Crippen molar-refractivity contribution in [2.75, 3.05) is 20.1 Å². The van der Waals surface area contributed by atoms with E-state index in [1.54, 1.807) is 24.3 Å². The first kappa shape index (κ1) is 15.7. The number of carbonyl (C=O) groups excluding carboxylic acids is 1. The number of likely N-dealkylation sites (tertiary alicyclic amines) is 1. The van der Waals surface area contributed by atoms with Gasteiger partial charge in [-0.05, 0) is 63.0 Å². The summed E-state index contributed by atoms with van der Waals surface area (Å²) in [5, 5.41) is 3.15. The largest absolute Gasteiger partial charge is 0.336 e. The SMILES string of the molecule is CNCCC1CCCCN1C(=O)C=Cc1ccc(F)cc1. The molecule has 0 aromatic heterocycles. The van der Waals surface area contributed by atoms with Gasteiger partial charge >= 0.3 is 0 Å². The van der Waals surface area contributed by atoms with E-state index < -0.39 is 0 Å². The summed E-state index contributed by atoms with van der Waals surface area (Å²) >= 11 is 0. The van der Waals surface area contributed by atoms with E-state index >= 15 is 0 Å². The Balaban J connectivity index is 1.98. The highest BCUT2D eigenvalue weighted by atomic mass is 19.1. The molecule has 1 N–H and O–H groups in total. The normalized spacial score (nSPS) is 19.1. The molecule has 0 bridgehead atoms. The summed E-state index contributed by atoms with van der Waals surface area (Å²) in [7, 11) is 1.93. The van der Waals surface area contributed by atoms with Crippen LogP contribution in [0, 0.1) is 5.82 Å². The van der Waals surface area contributed by atoms with E-state index in [9.17, 15) is 9.18 Å². The van der Waals surface area contributed by atoms with Gasteiger partial charge in [0.1, 0.15) is 5.82 Å². The molecule has 1 fully saturated rings. The molecule has 0 aliphatic carbocycles. The Bertz CT molecular complexity index is 484. The molecule has 3 nitrogen and oxygen atoms in total. The smallest absolute Gasteiger partial charge is 0.246 e. The maximum absolute atomic E-state index is 12.8. The molecule has 1 aliphatic heterocycles. The van der Waals surface area contributed by atoms with Gasteiger partial charge in [-0.25, -0.2) is 4.39 Å². The Hall–Kier alpha value is -1.68. The van der Waals surface area contributed by atoms with Gasteiger partial charge in [0.05, 0.1) is 0 Å². The minimum Gasteiger partial charge on any atom is -0.336 e. The van der Waals surface area contributed by atoms with Crippen LogP contribution < -0.4 is 5.32 Å². The van der Waals surface area contributed by atoms with E-state index in [0.29, 0.717) is 6.04 Å². The second-order valence-corrected chi connectivity index (χ2v) is 5.46. The van der Waals surface area contributed by atoms with Crippen LogP contribution in [0.3, 0.4) is 0 Å². The molecule has 21 heavy (non-hydrogen) atoms. The van der Waals surface area contributed by atoms with Gasteiger partial charge in [-0.1, -0.05) is 12.1 Å². The molecular formula is C17H23FN2O. The first-order chi connectivity index (χ1) is 10.2. The Morgan fingerprint density at radius 3 is 2.86 bits per heavy atom. The monoisotopic (exact) mass is 290 g/mol. The van der Waals surface area contributed by atoms with Crippen molar-refractivity contribution in [3.05, 3.63) is 41.7 Å². The maximum atomic E-state index is 12.8. The van der Waals surface area contributed by atoms with Gasteiger partial charge in [0, 0.05) is 18.7 Å². The summed E-state index contributed by atoms with van der Waals surface area (Å²) in [5.74, 6) is -0.207. The van der Waals surface area contributed by atoms with Crippen LogP contribution in [0.5, 0.6) is 0 Å². The number of piperidine rings is 1. The number of rotatable bonds is 5. The Morgan fingerprint density at radius 2 is 2.14 bits per heavy atom. The summed E-state index contributed by atoms with van der Waals surface area (Å²) in [6.07, 6.45) is 7.70. The number of hydrogen-bond acceptors (Lipinski definition) is 2. The molecule has 1 aromatic carbocycles. The third-order valence-corrected chi connectivity index (χ3v) is 3.93. The number of halogens is 1. The lowest BCUT2D eigenvalue weighted by molar-refractivity contribution is -0.129. The fourth-order valence-corrected chi connectivity index (χ4v) is 2.74. The predicted octanol–water partition coefficient (Wildman–Crippen LogP) is 2.83. The second-order valence-electron chi connectivity index (χ2n) is 5.46. The zero-order chi connectivity index (χ0) is 15.1. The molecule has 2 rings (SSSR count). The Labute approximate surface area is 125 Å². The number of hydrogen-bond donors (Lipinski definition) is 1. The summed E-state index contributed by atoms with van der Waals surface area (Å²) in [6.45, 7) is 1.76. The van der Waals surface area contributed by atoms with Crippen molar-refractivity contribution >= 4 is 12.0 Å². The maximum Gasteiger partial charge on any atom is 0.246 e. The van der Waals surface area contributed by atoms with E-state index in [-0.39, 0.29) is 11.7 Å². The summed E-state index contributed by atoms with van der Waals surface area (Å²) < 4.78 is 12.8. The summed E-state index contributed by atoms with van der Waals surface area (Å²) in [4.78, 5) is 14.3. The number of amides is 1. The van der Waals surface area contributed by atoms with E-state index in [4.69, 9.17) is 0 Å². The molecule has 0 saturated carbocycles. The van der Waals surface area contributed by atoms with Crippen LogP contribution in [0.1, 0.15) is 31.2 Å². The van der Waals surface area contributed by atoms with Crippen molar-refractivity contribution < 1.29 is 9.18 Å². The second kappa shape index (κ2) is 7.93. The third kappa shape index (κ3) is 4.67. The van der Waals surface area contributed by atoms with E-state index in [2.05, 4.69) is 5.32 Å². The summed E-state index contributed by atoms with van der Waals surface area (Å²) in [5.41, 5.74) is 0.841. The van der Waals surface area contributed by atoms with E-state index in [0.717, 1.165) is 37.9 Å². The first-order valence-corrected chi connectivity index (χ1v) is 7.59. The zero-order valence-corrected chi connectivity index (χ0v) is 12.5. The van der Waals surface area contributed by atoms with Crippen molar-refractivity contribution in [3.8, 4) is 0 Å².